The first kappa shape index (κ1) is 24.1. The minimum atomic E-state index is 0.134. The van der Waals surface area contributed by atoms with Crippen LogP contribution in [0.1, 0.15) is 60.5 Å². The Labute approximate surface area is 219 Å². The number of benzene rings is 3. The fraction of sp³-hybridized carbons (Fsp3) is 0.406. The molecule has 3 aromatic carbocycles. The van der Waals surface area contributed by atoms with E-state index in [1.54, 1.807) is 7.11 Å². The molecule has 0 spiro atoms. The van der Waals surface area contributed by atoms with Gasteiger partial charge in [0.15, 0.2) is 0 Å². The van der Waals surface area contributed by atoms with Gasteiger partial charge in [0.2, 0.25) is 0 Å². The average molecular weight is 496 g/mol. The number of nitrogens with zero attached hydrogens (tertiary/aromatic N) is 2. The maximum Gasteiger partial charge on any atom is 0.270 e. The van der Waals surface area contributed by atoms with Crippen molar-refractivity contribution in [2.24, 2.45) is 0 Å². The number of fused-ring (bicyclic) bond motifs is 2. The maximum absolute atomic E-state index is 13.5. The van der Waals surface area contributed by atoms with E-state index >= 15 is 0 Å². The number of nitrogens with one attached hydrogen (secondary N) is 1. The molecule has 6 rings (SSSR count). The van der Waals surface area contributed by atoms with Crippen LogP contribution < -0.4 is 4.74 Å². The first-order chi connectivity index (χ1) is 18.2. The number of piperidine rings is 2. The zero-order valence-electron chi connectivity index (χ0n) is 21.8. The van der Waals surface area contributed by atoms with E-state index < -0.39 is 0 Å². The van der Waals surface area contributed by atoms with E-state index in [9.17, 15) is 4.79 Å². The van der Waals surface area contributed by atoms with Crippen LogP contribution in [0, 0.1) is 0 Å². The number of carbonyl (C=O) groups is 1. The van der Waals surface area contributed by atoms with Crippen LogP contribution in [0.2, 0.25) is 0 Å². The van der Waals surface area contributed by atoms with E-state index in [-0.39, 0.29) is 5.91 Å². The lowest BCUT2D eigenvalue weighted by Gasteiger charge is -2.38. The van der Waals surface area contributed by atoms with Gasteiger partial charge in [0, 0.05) is 36.1 Å². The second-order valence-corrected chi connectivity index (χ2v) is 10.8. The molecule has 1 N–H and O–H groups in total. The molecule has 0 radical (unpaired) electrons. The Bertz CT molecular complexity index is 1380. The number of carbonyl (C=O) groups excluding carboxylic acids is 1. The molecule has 1 atom stereocenters. The van der Waals surface area contributed by atoms with Gasteiger partial charge in [0.05, 0.1) is 7.11 Å². The summed E-state index contributed by atoms with van der Waals surface area (Å²) in [5, 5.41) is 3.81. The monoisotopic (exact) mass is 495 g/mol. The van der Waals surface area contributed by atoms with Crippen molar-refractivity contribution in [3.63, 3.8) is 0 Å². The van der Waals surface area contributed by atoms with E-state index in [1.807, 2.05) is 24.3 Å². The summed E-state index contributed by atoms with van der Waals surface area (Å²) in [5.74, 6) is 1.57. The maximum atomic E-state index is 13.5. The lowest BCUT2D eigenvalue weighted by Crippen LogP contribution is -2.46. The number of H-pyrrole nitrogens is 1. The Morgan fingerprint density at radius 1 is 0.919 bits per heavy atom. The summed E-state index contributed by atoms with van der Waals surface area (Å²) in [5.41, 5.74) is 3.15. The third-order valence-corrected chi connectivity index (χ3v) is 8.58. The molecule has 2 fully saturated rings. The first-order valence-corrected chi connectivity index (χ1v) is 13.9. The smallest absolute Gasteiger partial charge is 0.270 e. The Balaban J connectivity index is 1.08. The summed E-state index contributed by atoms with van der Waals surface area (Å²) in [7, 11) is 1.67. The summed E-state index contributed by atoms with van der Waals surface area (Å²) in [4.78, 5) is 21.6. The van der Waals surface area contributed by atoms with Crippen molar-refractivity contribution in [1.29, 1.82) is 0 Å². The average Bonchev–Trinajstić information content (AvgIpc) is 3.39. The number of amides is 1. The zero-order valence-corrected chi connectivity index (χ0v) is 21.8. The van der Waals surface area contributed by atoms with Crippen LogP contribution in [0.3, 0.4) is 0 Å². The van der Waals surface area contributed by atoms with Gasteiger partial charge < -0.3 is 19.5 Å². The molecule has 192 valence electrons. The molecule has 5 heteroatoms. The number of likely N-dealkylation sites (tertiary alicyclic amines) is 2. The predicted molar refractivity (Wildman–Crippen MR) is 151 cm³/mol. The highest BCUT2D eigenvalue weighted by molar-refractivity contribution is 5.98. The fourth-order valence-corrected chi connectivity index (χ4v) is 6.48. The Morgan fingerprint density at radius 3 is 2.62 bits per heavy atom. The van der Waals surface area contributed by atoms with E-state index in [4.69, 9.17) is 4.74 Å². The van der Waals surface area contributed by atoms with Gasteiger partial charge in [-0.25, -0.2) is 0 Å². The third-order valence-electron chi connectivity index (χ3n) is 8.58. The number of hydrogen-bond donors (Lipinski definition) is 1. The van der Waals surface area contributed by atoms with Crippen LogP contribution in [0.5, 0.6) is 5.75 Å². The minimum absolute atomic E-state index is 0.134. The largest absolute Gasteiger partial charge is 0.497 e. The Hall–Kier alpha value is -3.31. The normalized spacial score (nSPS) is 19.5. The predicted octanol–water partition coefficient (Wildman–Crippen LogP) is 6.59. The molecule has 0 saturated carbocycles. The van der Waals surface area contributed by atoms with Crippen molar-refractivity contribution in [2.75, 3.05) is 33.3 Å². The second-order valence-electron chi connectivity index (χ2n) is 10.8. The molecule has 2 aliphatic rings. The van der Waals surface area contributed by atoms with Crippen LogP contribution in [0.25, 0.3) is 21.7 Å². The van der Waals surface area contributed by atoms with Gasteiger partial charge in [-0.3, -0.25) is 4.79 Å². The van der Waals surface area contributed by atoms with Crippen molar-refractivity contribution >= 4 is 27.6 Å². The molecule has 1 aromatic heterocycles. The molecule has 1 amide bonds. The molecule has 3 heterocycles. The van der Waals surface area contributed by atoms with Crippen LogP contribution in [0.4, 0.5) is 0 Å². The molecular weight excluding hydrogens is 458 g/mol. The highest BCUT2D eigenvalue weighted by atomic mass is 16.5. The standard InChI is InChI=1S/C32H37N3O2/c1-37-27-13-12-25-21-31(33-30(25)22-27)32(36)35-17-5-4-9-26(35)16-20-34-18-14-24(15-19-34)29-11-6-8-23-7-2-3-10-28(23)29/h2-3,6-8,10-13,21-22,24,26,33H,4-5,9,14-20H2,1H3/t26-/m0/s1. The van der Waals surface area contributed by atoms with Crippen molar-refractivity contribution < 1.29 is 9.53 Å². The summed E-state index contributed by atoms with van der Waals surface area (Å²) in [6.07, 6.45) is 6.87. The van der Waals surface area contributed by atoms with Crippen molar-refractivity contribution in [2.45, 2.75) is 50.5 Å². The lowest BCUT2D eigenvalue weighted by molar-refractivity contribution is 0.0573. The number of hydrogen-bond acceptors (Lipinski definition) is 3. The van der Waals surface area contributed by atoms with Crippen molar-refractivity contribution in [1.82, 2.24) is 14.8 Å². The SMILES string of the molecule is COc1ccc2cc(C(=O)N3CCCC[C@H]3CCN3CCC(c4cccc5ccccc45)CC3)[nH]c2c1. The van der Waals surface area contributed by atoms with Gasteiger partial charge in [0.1, 0.15) is 11.4 Å². The molecular formula is C32H37N3O2. The highest BCUT2D eigenvalue weighted by Gasteiger charge is 2.29. The van der Waals surface area contributed by atoms with Gasteiger partial charge in [-0.1, -0.05) is 42.5 Å². The van der Waals surface area contributed by atoms with Gasteiger partial charge in [-0.2, -0.15) is 0 Å². The number of aromatic nitrogens is 1. The summed E-state index contributed by atoms with van der Waals surface area (Å²) in [6, 6.07) is 23.8. The van der Waals surface area contributed by atoms with Crippen LogP contribution in [-0.4, -0.2) is 60.0 Å². The number of methoxy groups -OCH3 is 1. The van der Waals surface area contributed by atoms with Crippen LogP contribution in [-0.2, 0) is 0 Å². The van der Waals surface area contributed by atoms with E-state index in [0.717, 1.165) is 62.1 Å². The van der Waals surface area contributed by atoms with Crippen LogP contribution >= 0.6 is 0 Å². The molecule has 5 nitrogen and oxygen atoms in total. The summed E-state index contributed by atoms with van der Waals surface area (Å²) < 4.78 is 5.35. The van der Waals surface area contributed by atoms with Gasteiger partial charge in [-0.15, -0.1) is 0 Å². The van der Waals surface area contributed by atoms with Crippen LogP contribution in [0.15, 0.2) is 66.7 Å². The van der Waals surface area contributed by atoms with E-state index in [2.05, 4.69) is 57.2 Å². The van der Waals surface area contributed by atoms with Gasteiger partial charge >= 0.3 is 0 Å². The summed E-state index contributed by atoms with van der Waals surface area (Å²) in [6.45, 7) is 4.20. The minimum Gasteiger partial charge on any atom is -0.497 e. The van der Waals surface area contributed by atoms with E-state index in [1.165, 1.54) is 35.6 Å². The number of rotatable bonds is 6. The molecule has 2 aliphatic heterocycles. The third kappa shape index (κ3) is 4.97. The Morgan fingerprint density at radius 2 is 1.76 bits per heavy atom. The zero-order chi connectivity index (χ0) is 25.2. The van der Waals surface area contributed by atoms with Crippen molar-refractivity contribution in [3.05, 3.63) is 78.0 Å². The van der Waals surface area contributed by atoms with Gasteiger partial charge in [-0.05, 0) is 92.1 Å². The second kappa shape index (κ2) is 10.6. The molecule has 37 heavy (non-hydrogen) atoms. The quantitative estimate of drug-likeness (QED) is 0.328. The Kier molecular flexibility index (Phi) is 6.88. The molecule has 0 bridgehead atoms. The van der Waals surface area contributed by atoms with Crippen molar-refractivity contribution in [3.8, 4) is 5.75 Å². The van der Waals surface area contributed by atoms with Gasteiger partial charge in [0.25, 0.3) is 5.91 Å². The molecule has 0 aliphatic carbocycles. The summed E-state index contributed by atoms with van der Waals surface area (Å²) >= 11 is 0. The molecule has 0 unspecified atom stereocenters. The van der Waals surface area contributed by atoms with E-state index in [0.29, 0.717) is 17.7 Å². The molecule has 2 saturated heterocycles. The highest BCUT2D eigenvalue weighted by Crippen LogP contribution is 2.33. The molecule has 4 aromatic rings. The number of ether oxygens (including phenoxy) is 1. The topological polar surface area (TPSA) is 48.6 Å². The fourth-order valence-electron chi connectivity index (χ4n) is 6.48. The lowest BCUT2D eigenvalue weighted by atomic mass is 9.86. The number of aromatic amines is 1. The first-order valence-electron chi connectivity index (χ1n) is 13.9.